The fourth-order valence-electron chi connectivity index (χ4n) is 2.82. The average molecular weight is 294 g/mol. The third-order valence-corrected chi connectivity index (χ3v) is 3.96. The second kappa shape index (κ2) is 7.38. The first-order chi connectivity index (χ1) is 10.2. The van der Waals surface area contributed by atoms with Gasteiger partial charge >= 0.3 is 0 Å². The first-order valence-electron chi connectivity index (χ1n) is 7.24. The van der Waals surface area contributed by atoms with Crippen molar-refractivity contribution in [1.82, 2.24) is 0 Å². The molecule has 0 amide bonds. The van der Waals surface area contributed by atoms with Crippen molar-refractivity contribution in [3.63, 3.8) is 0 Å². The van der Waals surface area contributed by atoms with E-state index >= 15 is 0 Å². The third-order valence-electron chi connectivity index (χ3n) is 3.96. The number of nitrogens with zero attached hydrogens (tertiary/aromatic N) is 1. The fraction of sp³-hybridized carbons (Fsp3) is 0.600. The van der Waals surface area contributed by atoms with E-state index in [2.05, 4.69) is 5.32 Å². The number of ether oxygens (including phenoxy) is 2. The van der Waals surface area contributed by atoms with E-state index in [0.29, 0.717) is 12.3 Å². The molecule has 0 heterocycles. The molecule has 116 valence electrons. The Morgan fingerprint density at radius 2 is 2.14 bits per heavy atom. The first-order valence-corrected chi connectivity index (χ1v) is 7.24. The predicted molar refractivity (Wildman–Crippen MR) is 80.5 cm³/mol. The van der Waals surface area contributed by atoms with Gasteiger partial charge in [0.1, 0.15) is 5.69 Å². The van der Waals surface area contributed by atoms with Crippen LogP contribution in [0.3, 0.4) is 0 Å². The highest BCUT2D eigenvalue weighted by molar-refractivity contribution is 5.65. The van der Waals surface area contributed by atoms with Crippen LogP contribution in [0.25, 0.3) is 0 Å². The highest BCUT2D eigenvalue weighted by Crippen LogP contribution is 2.30. The molecule has 6 nitrogen and oxygen atoms in total. The number of rotatable bonds is 6. The molecule has 0 spiro atoms. The summed E-state index contributed by atoms with van der Waals surface area (Å²) in [7, 11) is 3.42. The Labute approximate surface area is 124 Å². The van der Waals surface area contributed by atoms with Gasteiger partial charge in [-0.1, -0.05) is 12.1 Å². The topological polar surface area (TPSA) is 73.6 Å². The molecule has 1 aliphatic carbocycles. The van der Waals surface area contributed by atoms with Gasteiger partial charge in [0.15, 0.2) is 0 Å². The number of nitro benzene ring substituents is 1. The van der Waals surface area contributed by atoms with Gasteiger partial charge in [0.05, 0.1) is 23.7 Å². The van der Waals surface area contributed by atoms with Crippen LogP contribution in [0.15, 0.2) is 18.2 Å². The van der Waals surface area contributed by atoms with Gasteiger partial charge in [-0.25, -0.2) is 0 Å². The van der Waals surface area contributed by atoms with Crippen LogP contribution in [0.2, 0.25) is 0 Å². The summed E-state index contributed by atoms with van der Waals surface area (Å²) in [5.74, 6) is 0. The minimum absolute atomic E-state index is 0.0806. The lowest BCUT2D eigenvalue weighted by atomic mass is 9.95. The summed E-state index contributed by atoms with van der Waals surface area (Å²) in [5.41, 5.74) is 1.42. The molecule has 0 aliphatic heterocycles. The number of nitrogens with one attached hydrogen (secondary N) is 1. The molecule has 1 N–H and O–H groups in total. The Morgan fingerprint density at radius 3 is 2.81 bits per heavy atom. The second-order valence-electron chi connectivity index (χ2n) is 5.28. The molecule has 6 heteroatoms. The normalized spacial score (nSPS) is 22.0. The predicted octanol–water partition coefficient (Wildman–Crippen LogP) is 3.11. The number of nitro groups is 1. The van der Waals surface area contributed by atoms with E-state index in [1.807, 2.05) is 6.07 Å². The Morgan fingerprint density at radius 1 is 1.38 bits per heavy atom. The van der Waals surface area contributed by atoms with Gasteiger partial charge in [-0.3, -0.25) is 10.1 Å². The summed E-state index contributed by atoms with van der Waals surface area (Å²) in [6.45, 7) is 0.374. The molecule has 21 heavy (non-hydrogen) atoms. The maximum absolute atomic E-state index is 11.0. The van der Waals surface area contributed by atoms with Crippen LogP contribution < -0.4 is 5.32 Å². The molecule has 2 atom stereocenters. The molecule has 1 aromatic carbocycles. The van der Waals surface area contributed by atoms with E-state index in [1.54, 1.807) is 20.2 Å². The fourth-order valence-corrected chi connectivity index (χ4v) is 2.82. The van der Waals surface area contributed by atoms with Crippen molar-refractivity contribution in [2.45, 2.75) is 44.5 Å². The number of methoxy groups -OCH3 is 1. The summed E-state index contributed by atoms with van der Waals surface area (Å²) in [5, 5.41) is 13.9. The summed E-state index contributed by atoms with van der Waals surface area (Å²) in [6.07, 6.45) is 4.50. The highest BCUT2D eigenvalue weighted by atomic mass is 16.6. The van der Waals surface area contributed by atoms with Gasteiger partial charge in [-0.2, -0.15) is 0 Å². The van der Waals surface area contributed by atoms with E-state index in [9.17, 15) is 10.1 Å². The lowest BCUT2D eigenvalue weighted by Gasteiger charge is -2.28. The van der Waals surface area contributed by atoms with E-state index in [0.717, 1.165) is 31.2 Å². The van der Waals surface area contributed by atoms with Gasteiger partial charge in [-0.05, 0) is 25.7 Å². The van der Waals surface area contributed by atoms with Crippen molar-refractivity contribution < 1.29 is 14.4 Å². The van der Waals surface area contributed by atoms with Crippen LogP contribution in [0.4, 0.5) is 11.4 Å². The lowest BCUT2D eigenvalue weighted by molar-refractivity contribution is -0.384. The first kappa shape index (κ1) is 15.7. The molecule has 2 unspecified atom stereocenters. The molecule has 1 aliphatic rings. The number of para-hydroxylation sites is 1. The van der Waals surface area contributed by atoms with Crippen molar-refractivity contribution in [1.29, 1.82) is 0 Å². The average Bonchev–Trinajstić information content (AvgIpc) is 2.52. The quantitative estimate of drug-likeness (QED) is 0.644. The zero-order valence-corrected chi connectivity index (χ0v) is 12.5. The molecule has 1 saturated carbocycles. The Kier molecular flexibility index (Phi) is 5.52. The van der Waals surface area contributed by atoms with Crippen LogP contribution in [0.5, 0.6) is 0 Å². The molecule has 0 bridgehead atoms. The summed E-state index contributed by atoms with van der Waals surface area (Å²) in [4.78, 5) is 10.7. The van der Waals surface area contributed by atoms with E-state index < -0.39 is 0 Å². The Hall–Kier alpha value is -1.66. The van der Waals surface area contributed by atoms with Crippen LogP contribution in [0, 0.1) is 10.1 Å². The zero-order chi connectivity index (χ0) is 15.2. The van der Waals surface area contributed by atoms with E-state index in [1.165, 1.54) is 6.07 Å². The maximum atomic E-state index is 11.0. The van der Waals surface area contributed by atoms with Gasteiger partial charge in [0.25, 0.3) is 5.69 Å². The summed E-state index contributed by atoms with van der Waals surface area (Å²) in [6, 6.07) is 5.04. The number of hydrogen-bond acceptors (Lipinski definition) is 5. The maximum Gasteiger partial charge on any atom is 0.292 e. The largest absolute Gasteiger partial charge is 0.382 e. The monoisotopic (exact) mass is 294 g/mol. The highest BCUT2D eigenvalue weighted by Gasteiger charge is 2.23. The Balaban J connectivity index is 2.03. The van der Waals surface area contributed by atoms with E-state index in [4.69, 9.17) is 9.47 Å². The lowest BCUT2D eigenvalue weighted by Crippen LogP contribution is -2.27. The molecule has 1 fully saturated rings. The smallest absolute Gasteiger partial charge is 0.292 e. The number of anilines is 1. The molecular formula is C15H22N2O4. The third kappa shape index (κ3) is 3.92. The van der Waals surface area contributed by atoms with Gasteiger partial charge in [-0.15, -0.1) is 0 Å². The van der Waals surface area contributed by atoms with Gasteiger partial charge in [0.2, 0.25) is 0 Å². The molecule has 0 radical (unpaired) electrons. The van der Waals surface area contributed by atoms with Crippen LogP contribution in [-0.2, 0) is 16.1 Å². The van der Waals surface area contributed by atoms with Crippen molar-refractivity contribution in [3.8, 4) is 0 Å². The molecule has 0 aromatic heterocycles. The van der Waals surface area contributed by atoms with Gasteiger partial charge in [0, 0.05) is 25.8 Å². The van der Waals surface area contributed by atoms with Crippen molar-refractivity contribution in [3.05, 3.63) is 33.9 Å². The summed E-state index contributed by atoms with van der Waals surface area (Å²) < 4.78 is 11.3. The molecule has 1 aromatic rings. The van der Waals surface area contributed by atoms with Crippen LogP contribution in [-0.4, -0.2) is 31.3 Å². The summed E-state index contributed by atoms with van der Waals surface area (Å²) >= 11 is 0. The SMILES string of the molecule is CNc1c(COC2CCCC(OC)C2)cccc1[N+](=O)[O-]. The zero-order valence-electron chi connectivity index (χ0n) is 12.5. The van der Waals surface area contributed by atoms with Crippen LogP contribution >= 0.6 is 0 Å². The minimum Gasteiger partial charge on any atom is -0.382 e. The van der Waals surface area contributed by atoms with Crippen molar-refractivity contribution in [2.24, 2.45) is 0 Å². The Bertz CT molecular complexity index is 493. The number of benzene rings is 1. The molecule has 2 rings (SSSR count). The van der Waals surface area contributed by atoms with Crippen molar-refractivity contribution in [2.75, 3.05) is 19.5 Å². The minimum atomic E-state index is -0.378. The number of hydrogen-bond donors (Lipinski definition) is 1. The second-order valence-corrected chi connectivity index (χ2v) is 5.28. The van der Waals surface area contributed by atoms with Crippen LogP contribution in [0.1, 0.15) is 31.2 Å². The molecular weight excluding hydrogens is 272 g/mol. The standard InChI is InChI=1S/C15H22N2O4/c1-16-15-11(5-3-8-14(15)17(18)19)10-21-13-7-4-6-12(9-13)20-2/h3,5,8,12-13,16H,4,6-7,9-10H2,1-2H3. The van der Waals surface area contributed by atoms with Gasteiger partial charge < -0.3 is 14.8 Å². The van der Waals surface area contributed by atoms with E-state index in [-0.39, 0.29) is 22.8 Å². The van der Waals surface area contributed by atoms with Crippen molar-refractivity contribution >= 4 is 11.4 Å². The molecule has 0 saturated heterocycles.